The molecule has 1 rings (SSSR count). The lowest BCUT2D eigenvalue weighted by atomic mass is 9.68. The fourth-order valence-electron chi connectivity index (χ4n) is 2.28. The monoisotopic (exact) mass is 214 g/mol. The SMILES string of the molecule is CC(CO)CC1(C(=O)O)CCCCC1=O. The standard InChI is InChI=1S/C11H18O4/c1-8(7-12)6-11(10(14)15)5-3-2-4-9(11)13/h8,12H,2-7H2,1H3,(H,14,15). The Morgan fingerprint density at radius 2 is 2.20 bits per heavy atom. The molecule has 0 aromatic carbocycles. The van der Waals surface area contributed by atoms with Crippen LogP contribution in [0.15, 0.2) is 0 Å². The number of Topliss-reactive ketones (excluding diaryl/α,β-unsaturated/α-hetero) is 1. The molecule has 1 aliphatic carbocycles. The predicted molar refractivity (Wildman–Crippen MR) is 54.4 cm³/mol. The molecule has 1 saturated carbocycles. The van der Waals surface area contributed by atoms with Crippen LogP contribution in [-0.4, -0.2) is 28.6 Å². The number of carbonyl (C=O) groups is 2. The maximum atomic E-state index is 11.7. The third-order valence-electron chi connectivity index (χ3n) is 3.21. The molecule has 0 aliphatic heterocycles. The molecule has 2 unspecified atom stereocenters. The van der Waals surface area contributed by atoms with E-state index in [0.717, 1.165) is 12.8 Å². The lowest BCUT2D eigenvalue weighted by molar-refractivity contribution is -0.158. The zero-order valence-corrected chi connectivity index (χ0v) is 9.03. The van der Waals surface area contributed by atoms with E-state index in [2.05, 4.69) is 0 Å². The number of aliphatic hydroxyl groups excluding tert-OH is 1. The van der Waals surface area contributed by atoms with Crippen LogP contribution < -0.4 is 0 Å². The Labute approximate surface area is 89.3 Å². The van der Waals surface area contributed by atoms with Gasteiger partial charge in [-0.2, -0.15) is 0 Å². The Hall–Kier alpha value is -0.900. The van der Waals surface area contributed by atoms with E-state index in [4.69, 9.17) is 5.11 Å². The molecule has 0 saturated heterocycles. The van der Waals surface area contributed by atoms with Crippen LogP contribution in [0, 0.1) is 11.3 Å². The second kappa shape index (κ2) is 4.75. The third-order valence-corrected chi connectivity index (χ3v) is 3.21. The largest absolute Gasteiger partial charge is 0.480 e. The fraction of sp³-hybridized carbons (Fsp3) is 0.818. The van der Waals surface area contributed by atoms with Crippen molar-refractivity contribution in [3.63, 3.8) is 0 Å². The molecule has 1 aliphatic rings. The van der Waals surface area contributed by atoms with Crippen molar-refractivity contribution in [1.82, 2.24) is 0 Å². The summed E-state index contributed by atoms with van der Waals surface area (Å²) in [6.07, 6.45) is 2.63. The van der Waals surface area contributed by atoms with Crippen molar-refractivity contribution < 1.29 is 19.8 Å². The molecule has 0 aromatic rings. The molecule has 15 heavy (non-hydrogen) atoms. The van der Waals surface area contributed by atoms with Crippen LogP contribution in [-0.2, 0) is 9.59 Å². The number of aliphatic hydroxyl groups is 1. The first-order valence-electron chi connectivity index (χ1n) is 5.40. The minimum absolute atomic E-state index is 0.0672. The number of rotatable bonds is 4. The zero-order valence-electron chi connectivity index (χ0n) is 9.03. The molecule has 0 amide bonds. The summed E-state index contributed by atoms with van der Waals surface area (Å²) in [4.78, 5) is 23.0. The maximum Gasteiger partial charge on any atom is 0.317 e. The first-order valence-corrected chi connectivity index (χ1v) is 5.40. The summed E-state index contributed by atoms with van der Waals surface area (Å²) in [5.74, 6) is -1.32. The van der Waals surface area contributed by atoms with Gasteiger partial charge >= 0.3 is 5.97 Å². The van der Waals surface area contributed by atoms with Gasteiger partial charge < -0.3 is 10.2 Å². The van der Waals surface area contributed by atoms with Gasteiger partial charge in [-0.3, -0.25) is 9.59 Å². The van der Waals surface area contributed by atoms with Crippen LogP contribution in [0.1, 0.15) is 39.0 Å². The molecule has 2 N–H and O–H groups in total. The highest BCUT2D eigenvalue weighted by Gasteiger charge is 2.47. The molecule has 0 spiro atoms. The van der Waals surface area contributed by atoms with E-state index in [1.54, 1.807) is 6.92 Å². The topological polar surface area (TPSA) is 74.6 Å². The molecule has 2 atom stereocenters. The highest BCUT2D eigenvalue weighted by atomic mass is 16.4. The molecule has 4 nitrogen and oxygen atoms in total. The molecule has 86 valence electrons. The van der Waals surface area contributed by atoms with E-state index in [1.807, 2.05) is 0 Å². The van der Waals surface area contributed by atoms with Crippen LogP contribution >= 0.6 is 0 Å². The van der Waals surface area contributed by atoms with Crippen molar-refractivity contribution in [2.24, 2.45) is 11.3 Å². The van der Waals surface area contributed by atoms with Gasteiger partial charge in [0.2, 0.25) is 0 Å². The summed E-state index contributed by atoms with van der Waals surface area (Å²) in [7, 11) is 0. The molecular formula is C11H18O4. The van der Waals surface area contributed by atoms with E-state index in [9.17, 15) is 14.7 Å². The van der Waals surface area contributed by atoms with Crippen molar-refractivity contribution in [1.29, 1.82) is 0 Å². The van der Waals surface area contributed by atoms with Gasteiger partial charge in [0.25, 0.3) is 0 Å². The summed E-state index contributed by atoms with van der Waals surface area (Å²) in [5, 5.41) is 18.1. The summed E-state index contributed by atoms with van der Waals surface area (Å²) >= 11 is 0. The summed E-state index contributed by atoms with van der Waals surface area (Å²) in [6, 6.07) is 0. The van der Waals surface area contributed by atoms with Crippen LogP contribution in [0.2, 0.25) is 0 Å². The summed E-state index contributed by atoms with van der Waals surface area (Å²) in [5.41, 5.74) is -1.22. The summed E-state index contributed by atoms with van der Waals surface area (Å²) in [6.45, 7) is 1.70. The number of ketones is 1. The number of aliphatic carboxylic acids is 1. The Morgan fingerprint density at radius 3 is 2.67 bits per heavy atom. The normalized spacial score (nSPS) is 28.8. The molecule has 0 aromatic heterocycles. The fourth-order valence-corrected chi connectivity index (χ4v) is 2.28. The van der Waals surface area contributed by atoms with Crippen LogP contribution in [0.4, 0.5) is 0 Å². The number of carbonyl (C=O) groups excluding carboxylic acids is 1. The molecule has 0 radical (unpaired) electrons. The zero-order chi connectivity index (χ0) is 11.5. The predicted octanol–water partition coefficient (Wildman–Crippen LogP) is 1.22. The van der Waals surface area contributed by atoms with Crippen molar-refractivity contribution in [2.75, 3.05) is 6.61 Å². The quantitative estimate of drug-likeness (QED) is 0.690. The van der Waals surface area contributed by atoms with Crippen LogP contribution in [0.25, 0.3) is 0 Å². The number of hydrogen-bond donors (Lipinski definition) is 2. The van der Waals surface area contributed by atoms with E-state index >= 15 is 0 Å². The Morgan fingerprint density at radius 1 is 1.53 bits per heavy atom. The van der Waals surface area contributed by atoms with Crippen LogP contribution in [0.3, 0.4) is 0 Å². The average molecular weight is 214 g/mol. The Kier molecular flexibility index (Phi) is 3.85. The van der Waals surface area contributed by atoms with Gasteiger partial charge in [-0.05, 0) is 25.2 Å². The van der Waals surface area contributed by atoms with Gasteiger partial charge in [0.1, 0.15) is 11.2 Å². The van der Waals surface area contributed by atoms with Gasteiger partial charge in [0, 0.05) is 13.0 Å². The van der Waals surface area contributed by atoms with E-state index in [0.29, 0.717) is 12.8 Å². The minimum atomic E-state index is -1.22. The van der Waals surface area contributed by atoms with Crippen LogP contribution in [0.5, 0.6) is 0 Å². The Bertz CT molecular complexity index is 261. The van der Waals surface area contributed by atoms with Crippen molar-refractivity contribution in [2.45, 2.75) is 39.0 Å². The van der Waals surface area contributed by atoms with E-state index in [-0.39, 0.29) is 24.7 Å². The average Bonchev–Trinajstić information content (AvgIpc) is 2.21. The second-order valence-corrected chi connectivity index (χ2v) is 4.51. The minimum Gasteiger partial charge on any atom is -0.480 e. The Balaban J connectivity index is 2.86. The molecule has 0 heterocycles. The van der Waals surface area contributed by atoms with E-state index in [1.165, 1.54) is 0 Å². The molecule has 0 bridgehead atoms. The first kappa shape index (κ1) is 12.2. The molecule has 1 fully saturated rings. The maximum absolute atomic E-state index is 11.7. The van der Waals surface area contributed by atoms with Gasteiger partial charge in [0.15, 0.2) is 0 Å². The third kappa shape index (κ3) is 2.37. The summed E-state index contributed by atoms with van der Waals surface area (Å²) < 4.78 is 0. The van der Waals surface area contributed by atoms with Gasteiger partial charge in [-0.25, -0.2) is 0 Å². The van der Waals surface area contributed by atoms with Gasteiger partial charge in [-0.1, -0.05) is 13.3 Å². The lowest BCUT2D eigenvalue weighted by Crippen LogP contribution is -2.43. The van der Waals surface area contributed by atoms with Crippen molar-refractivity contribution in [3.8, 4) is 0 Å². The number of hydrogen-bond acceptors (Lipinski definition) is 3. The highest BCUT2D eigenvalue weighted by Crippen LogP contribution is 2.39. The number of carboxylic acid groups (broad SMARTS) is 1. The highest BCUT2D eigenvalue weighted by molar-refractivity contribution is 6.03. The van der Waals surface area contributed by atoms with E-state index < -0.39 is 11.4 Å². The molecule has 4 heteroatoms. The molecular weight excluding hydrogens is 196 g/mol. The van der Waals surface area contributed by atoms with Gasteiger partial charge in [0.05, 0.1) is 0 Å². The number of carboxylic acids is 1. The first-order chi connectivity index (χ1) is 7.03. The lowest BCUT2D eigenvalue weighted by Gasteiger charge is -2.33. The second-order valence-electron chi connectivity index (χ2n) is 4.51. The van der Waals surface area contributed by atoms with Gasteiger partial charge in [-0.15, -0.1) is 0 Å². The van der Waals surface area contributed by atoms with Crippen molar-refractivity contribution >= 4 is 11.8 Å². The van der Waals surface area contributed by atoms with Crippen molar-refractivity contribution in [3.05, 3.63) is 0 Å². The smallest absolute Gasteiger partial charge is 0.317 e.